The molecule has 0 bridgehead atoms. The van der Waals surface area contributed by atoms with Crippen LogP contribution in [0.2, 0.25) is 0 Å². The molecular formula is C14H13N3O3. The summed E-state index contributed by atoms with van der Waals surface area (Å²) < 4.78 is 5.55. The minimum atomic E-state index is -0.570. The molecule has 0 saturated heterocycles. The largest absolute Gasteiger partial charge is 0.455 e. The van der Waals surface area contributed by atoms with E-state index in [2.05, 4.69) is 0 Å². The standard InChI is InChI=1S/C14H13N3O3/c15-11-7-9(14(17)19)4-5-12(11)20-10-3-1-2-8(6-10)13(16)18/h1-7H,15H2,(H2,16,18)(H2,17,19). The predicted molar refractivity (Wildman–Crippen MR) is 74.4 cm³/mol. The van der Waals surface area contributed by atoms with Crippen LogP contribution in [-0.4, -0.2) is 11.8 Å². The monoisotopic (exact) mass is 271 g/mol. The molecule has 0 aromatic heterocycles. The van der Waals surface area contributed by atoms with Gasteiger partial charge < -0.3 is 21.9 Å². The summed E-state index contributed by atoms with van der Waals surface area (Å²) in [6.07, 6.45) is 0. The van der Waals surface area contributed by atoms with Gasteiger partial charge in [0, 0.05) is 11.1 Å². The predicted octanol–water partition coefficient (Wildman–Crippen LogP) is 1.26. The quantitative estimate of drug-likeness (QED) is 0.724. The molecule has 0 spiro atoms. The molecule has 0 saturated carbocycles. The van der Waals surface area contributed by atoms with Crippen LogP contribution in [0.5, 0.6) is 11.5 Å². The molecule has 0 heterocycles. The van der Waals surface area contributed by atoms with Gasteiger partial charge in [0.05, 0.1) is 5.69 Å². The fraction of sp³-hybridized carbons (Fsp3) is 0. The smallest absolute Gasteiger partial charge is 0.248 e. The van der Waals surface area contributed by atoms with E-state index in [1.165, 1.54) is 24.3 Å². The van der Waals surface area contributed by atoms with Gasteiger partial charge in [-0.05, 0) is 36.4 Å². The molecule has 2 aromatic carbocycles. The SMILES string of the molecule is NC(=O)c1cccc(Oc2ccc(C(N)=O)cc2N)c1. The summed E-state index contributed by atoms with van der Waals surface area (Å²) >= 11 is 0. The van der Waals surface area contributed by atoms with Crippen LogP contribution in [0.4, 0.5) is 5.69 Å². The van der Waals surface area contributed by atoms with E-state index in [-0.39, 0.29) is 5.69 Å². The van der Waals surface area contributed by atoms with Gasteiger partial charge in [-0.15, -0.1) is 0 Å². The van der Waals surface area contributed by atoms with E-state index in [0.29, 0.717) is 22.6 Å². The summed E-state index contributed by atoms with van der Waals surface area (Å²) in [5.41, 5.74) is 17.0. The van der Waals surface area contributed by atoms with E-state index in [0.717, 1.165) is 0 Å². The lowest BCUT2D eigenvalue weighted by atomic mass is 10.1. The molecule has 2 rings (SSSR count). The number of hydrogen-bond donors (Lipinski definition) is 3. The van der Waals surface area contributed by atoms with Crippen LogP contribution in [0.1, 0.15) is 20.7 Å². The van der Waals surface area contributed by atoms with E-state index in [1.807, 2.05) is 0 Å². The number of carbonyl (C=O) groups excluding carboxylic acids is 2. The van der Waals surface area contributed by atoms with Crippen LogP contribution >= 0.6 is 0 Å². The normalized spacial score (nSPS) is 10.0. The van der Waals surface area contributed by atoms with Crippen LogP contribution in [0.3, 0.4) is 0 Å². The molecular weight excluding hydrogens is 258 g/mol. The van der Waals surface area contributed by atoms with Gasteiger partial charge in [-0.2, -0.15) is 0 Å². The number of benzene rings is 2. The minimum absolute atomic E-state index is 0.269. The second kappa shape index (κ2) is 5.31. The van der Waals surface area contributed by atoms with Crippen molar-refractivity contribution in [1.82, 2.24) is 0 Å². The molecule has 0 aliphatic carbocycles. The summed E-state index contributed by atoms with van der Waals surface area (Å²) in [5, 5.41) is 0. The molecule has 2 amide bonds. The molecule has 0 aliphatic heterocycles. The summed E-state index contributed by atoms with van der Waals surface area (Å²) in [6, 6.07) is 10.9. The maximum Gasteiger partial charge on any atom is 0.248 e. The van der Waals surface area contributed by atoms with Crippen molar-refractivity contribution in [2.45, 2.75) is 0 Å². The average Bonchev–Trinajstić information content (AvgIpc) is 2.41. The molecule has 0 fully saturated rings. The highest BCUT2D eigenvalue weighted by Gasteiger charge is 2.08. The summed E-state index contributed by atoms with van der Waals surface area (Å²) in [7, 11) is 0. The first kappa shape index (κ1) is 13.4. The van der Waals surface area contributed by atoms with Crippen molar-refractivity contribution >= 4 is 17.5 Å². The number of anilines is 1. The first-order valence-corrected chi connectivity index (χ1v) is 5.74. The highest BCUT2D eigenvalue weighted by atomic mass is 16.5. The summed E-state index contributed by atoms with van der Waals surface area (Å²) in [4.78, 5) is 22.1. The molecule has 20 heavy (non-hydrogen) atoms. The Kier molecular flexibility index (Phi) is 3.56. The average molecular weight is 271 g/mol. The maximum absolute atomic E-state index is 11.1. The fourth-order valence-electron chi connectivity index (χ4n) is 1.63. The molecule has 0 unspecified atom stereocenters. The highest BCUT2D eigenvalue weighted by Crippen LogP contribution is 2.28. The zero-order chi connectivity index (χ0) is 14.7. The van der Waals surface area contributed by atoms with Crippen LogP contribution in [0.25, 0.3) is 0 Å². The molecule has 0 atom stereocenters. The number of carbonyl (C=O) groups is 2. The van der Waals surface area contributed by atoms with Gasteiger partial charge >= 0.3 is 0 Å². The highest BCUT2D eigenvalue weighted by molar-refractivity contribution is 5.94. The molecule has 6 N–H and O–H groups in total. The maximum atomic E-state index is 11.1. The molecule has 6 nitrogen and oxygen atoms in total. The van der Waals surface area contributed by atoms with Crippen LogP contribution < -0.4 is 21.9 Å². The summed E-state index contributed by atoms with van der Waals surface area (Å²) in [5.74, 6) is -0.345. The molecule has 2 aromatic rings. The first-order chi connectivity index (χ1) is 9.47. The van der Waals surface area contributed by atoms with Crippen LogP contribution in [-0.2, 0) is 0 Å². The minimum Gasteiger partial charge on any atom is -0.455 e. The lowest BCUT2D eigenvalue weighted by molar-refractivity contribution is 0.0991. The van der Waals surface area contributed by atoms with E-state index in [4.69, 9.17) is 21.9 Å². The van der Waals surface area contributed by atoms with Crippen LogP contribution in [0.15, 0.2) is 42.5 Å². The third kappa shape index (κ3) is 2.86. The topological polar surface area (TPSA) is 121 Å². The van der Waals surface area contributed by atoms with Gasteiger partial charge in [0.25, 0.3) is 0 Å². The van der Waals surface area contributed by atoms with Crippen molar-refractivity contribution in [2.24, 2.45) is 11.5 Å². The zero-order valence-corrected chi connectivity index (χ0v) is 10.5. The van der Waals surface area contributed by atoms with Gasteiger partial charge in [0.1, 0.15) is 11.5 Å². The Bertz CT molecular complexity index is 683. The zero-order valence-electron chi connectivity index (χ0n) is 10.5. The Morgan fingerprint density at radius 3 is 2.15 bits per heavy atom. The van der Waals surface area contributed by atoms with Crippen molar-refractivity contribution in [1.29, 1.82) is 0 Å². The number of hydrogen-bond acceptors (Lipinski definition) is 4. The van der Waals surface area contributed by atoms with E-state index in [1.54, 1.807) is 18.2 Å². The van der Waals surface area contributed by atoms with Crippen molar-refractivity contribution < 1.29 is 14.3 Å². The first-order valence-electron chi connectivity index (χ1n) is 5.74. The van der Waals surface area contributed by atoms with E-state index in [9.17, 15) is 9.59 Å². The van der Waals surface area contributed by atoms with Crippen molar-refractivity contribution in [3.05, 3.63) is 53.6 Å². The van der Waals surface area contributed by atoms with Gasteiger partial charge in [-0.3, -0.25) is 9.59 Å². The number of amides is 2. The van der Waals surface area contributed by atoms with Crippen molar-refractivity contribution in [2.75, 3.05) is 5.73 Å². The Morgan fingerprint density at radius 1 is 0.900 bits per heavy atom. The second-order valence-corrected chi connectivity index (χ2v) is 4.11. The third-order valence-electron chi connectivity index (χ3n) is 2.64. The lowest BCUT2D eigenvalue weighted by Gasteiger charge is -2.09. The van der Waals surface area contributed by atoms with Gasteiger partial charge in [-0.1, -0.05) is 6.07 Å². The molecule has 0 aliphatic rings. The molecule has 102 valence electrons. The van der Waals surface area contributed by atoms with E-state index < -0.39 is 11.8 Å². The second-order valence-electron chi connectivity index (χ2n) is 4.11. The van der Waals surface area contributed by atoms with Crippen molar-refractivity contribution in [3.8, 4) is 11.5 Å². The Labute approximate surface area is 115 Å². The number of primary amides is 2. The Balaban J connectivity index is 2.28. The number of ether oxygens (including phenoxy) is 1. The van der Waals surface area contributed by atoms with Gasteiger partial charge in [0.15, 0.2) is 0 Å². The fourth-order valence-corrected chi connectivity index (χ4v) is 1.63. The lowest BCUT2D eigenvalue weighted by Crippen LogP contribution is -2.11. The van der Waals surface area contributed by atoms with Crippen LogP contribution in [0, 0.1) is 0 Å². The van der Waals surface area contributed by atoms with E-state index >= 15 is 0 Å². The number of nitrogens with two attached hydrogens (primary N) is 3. The third-order valence-corrected chi connectivity index (χ3v) is 2.64. The Hall–Kier alpha value is -3.02. The molecule has 0 radical (unpaired) electrons. The van der Waals surface area contributed by atoms with Gasteiger partial charge in [-0.25, -0.2) is 0 Å². The van der Waals surface area contributed by atoms with Crippen molar-refractivity contribution in [3.63, 3.8) is 0 Å². The molecule has 6 heteroatoms. The van der Waals surface area contributed by atoms with Gasteiger partial charge in [0.2, 0.25) is 11.8 Å². The Morgan fingerprint density at radius 2 is 1.55 bits per heavy atom. The summed E-state index contributed by atoms with van der Waals surface area (Å²) in [6.45, 7) is 0. The number of nitrogen functional groups attached to an aromatic ring is 1. The number of rotatable bonds is 4.